The number of ether oxygens (including phenoxy) is 1. The smallest absolute Gasteiger partial charge is 0.275 e. The molecular weight excluding hydrogens is 234 g/mol. The molecule has 6 nitrogen and oxygen atoms in total. The van der Waals surface area contributed by atoms with Crippen molar-refractivity contribution in [3.05, 3.63) is 28.3 Å². The summed E-state index contributed by atoms with van der Waals surface area (Å²) in [7, 11) is 1.52. The standard InChI is InChI=1S/C12H17N3O3/c1-9-8-14(4-3-13-9)10-5-11(15(16)17)7-12(6-10)18-2/h5-7,9,13H,3-4,8H2,1-2H3/t9-/m0/s1. The summed E-state index contributed by atoms with van der Waals surface area (Å²) in [4.78, 5) is 12.6. The minimum Gasteiger partial charge on any atom is -0.496 e. The van der Waals surface area contributed by atoms with Gasteiger partial charge in [-0.25, -0.2) is 0 Å². The SMILES string of the molecule is COc1cc(N2CCN[C@@H](C)C2)cc([N+](=O)[O-])c1. The molecule has 1 aliphatic heterocycles. The van der Waals surface area contributed by atoms with Crippen LogP contribution in [-0.2, 0) is 0 Å². The highest BCUT2D eigenvalue weighted by Crippen LogP contribution is 2.28. The highest BCUT2D eigenvalue weighted by Gasteiger charge is 2.19. The Balaban J connectivity index is 2.31. The first kappa shape index (κ1) is 12.6. The third-order valence-corrected chi connectivity index (χ3v) is 3.06. The molecule has 1 fully saturated rings. The number of hydrogen-bond acceptors (Lipinski definition) is 5. The van der Waals surface area contributed by atoms with Crippen molar-refractivity contribution in [1.82, 2.24) is 5.32 Å². The quantitative estimate of drug-likeness (QED) is 0.649. The third-order valence-electron chi connectivity index (χ3n) is 3.06. The van der Waals surface area contributed by atoms with Gasteiger partial charge in [-0.3, -0.25) is 10.1 Å². The molecule has 0 amide bonds. The van der Waals surface area contributed by atoms with E-state index in [-0.39, 0.29) is 5.69 Å². The van der Waals surface area contributed by atoms with Gasteiger partial charge < -0.3 is 15.0 Å². The van der Waals surface area contributed by atoms with Gasteiger partial charge in [0.05, 0.1) is 18.1 Å². The number of hydrogen-bond donors (Lipinski definition) is 1. The minimum atomic E-state index is -0.391. The maximum absolute atomic E-state index is 10.9. The lowest BCUT2D eigenvalue weighted by molar-refractivity contribution is -0.384. The Hall–Kier alpha value is -1.82. The zero-order valence-corrected chi connectivity index (χ0v) is 10.5. The molecule has 0 aromatic heterocycles. The number of non-ortho nitro benzene ring substituents is 1. The second kappa shape index (κ2) is 5.22. The molecule has 0 radical (unpaired) electrons. The van der Waals surface area contributed by atoms with Crippen LogP contribution in [0.1, 0.15) is 6.92 Å². The molecular formula is C12H17N3O3. The zero-order valence-electron chi connectivity index (χ0n) is 10.5. The predicted molar refractivity (Wildman–Crippen MR) is 69.3 cm³/mol. The summed E-state index contributed by atoms with van der Waals surface area (Å²) >= 11 is 0. The molecule has 1 aromatic carbocycles. The number of rotatable bonds is 3. The van der Waals surface area contributed by atoms with E-state index in [0.717, 1.165) is 25.3 Å². The van der Waals surface area contributed by atoms with E-state index in [1.807, 2.05) is 6.07 Å². The van der Waals surface area contributed by atoms with E-state index in [1.54, 1.807) is 6.07 Å². The molecule has 6 heteroatoms. The minimum absolute atomic E-state index is 0.0653. The first-order chi connectivity index (χ1) is 8.60. The highest BCUT2D eigenvalue weighted by molar-refractivity contribution is 5.58. The summed E-state index contributed by atoms with van der Waals surface area (Å²) in [6, 6.07) is 5.25. The second-order valence-corrected chi connectivity index (χ2v) is 4.45. The molecule has 0 unspecified atom stereocenters. The van der Waals surface area contributed by atoms with Crippen molar-refractivity contribution in [2.24, 2.45) is 0 Å². The lowest BCUT2D eigenvalue weighted by Crippen LogP contribution is -2.49. The molecule has 1 atom stereocenters. The Bertz CT molecular complexity index is 450. The summed E-state index contributed by atoms with van der Waals surface area (Å²) < 4.78 is 5.12. The first-order valence-electron chi connectivity index (χ1n) is 5.92. The number of anilines is 1. The Morgan fingerprint density at radius 1 is 1.50 bits per heavy atom. The molecule has 1 aromatic rings. The summed E-state index contributed by atoms with van der Waals surface area (Å²) in [6.45, 7) is 4.66. The van der Waals surface area contributed by atoms with Gasteiger partial charge in [0.25, 0.3) is 5.69 Å². The molecule has 0 saturated carbocycles. The van der Waals surface area contributed by atoms with Crippen LogP contribution in [0.4, 0.5) is 11.4 Å². The van der Waals surface area contributed by atoms with E-state index in [2.05, 4.69) is 17.1 Å². The van der Waals surface area contributed by atoms with Crippen molar-refractivity contribution in [2.45, 2.75) is 13.0 Å². The number of nitrogens with one attached hydrogen (secondary N) is 1. The van der Waals surface area contributed by atoms with Crippen LogP contribution in [0.3, 0.4) is 0 Å². The van der Waals surface area contributed by atoms with Crippen molar-refractivity contribution in [2.75, 3.05) is 31.6 Å². The van der Waals surface area contributed by atoms with Gasteiger partial charge >= 0.3 is 0 Å². The average Bonchev–Trinajstić information content (AvgIpc) is 2.38. The summed E-state index contributed by atoms with van der Waals surface area (Å²) in [6.07, 6.45) is 0. The Labute approximate surface area is 106 Å². The maximum atomic E-state index is 10.9. The van der Waals surface area contributed by atoms with Crippen molar-refractivity contribution in [3.63, 3.8) is 0 Å². The first-order valence-corrected chi connectivity index (χ1v) is 5.92. The predicted octanol–water partition coefficient (Wildman–Crippen LogP) is 1.40. The van der Waals surface area contributed by atoms with Crippen LogP contribution in [0.5, 0.6) is 5.75 Å². The van der Waals surface area contributed by atoms with E-state index in [0.29, 0.717) is 11.8 Å². The number of nitro groups is 1. The molecule has 2 rings (SSSR count). The van der Waals surface area contributed by atoms with Gasteiger partial charge in [0, 0.05) is 43.5 Å². The number of benzene rings is 1. The monoisotopic (exact) mass is 251 g/mol. The lowest BCUT2D eigenvalue weighted by Gasteiger charge is -2.33. The van der Waals surface area contributed by atoms with Crippen LogP contribution >= 0.6 is 0 Å². The summed E-state index contributed by atoms with van der Waals surface area (Å²) in [5, 5.41) is 14.2. The Kier molecular flexibility index (Phi) is 3.66. The van der Waals surface area contributed by atoms with Crippen molar-refractivity contribution in [1.29, 1.82) is 0 Å². The molecule has 98 valence electrons. The fourth-order valence-electron chi connectivity index (χ4n) is 2.14. The van der Waals surface area contributed by atoms with Gasteiger partial charge in [-0.2, -0.15) is 0 Å². The summed E-state index contributed by atoms with van der Waals surface area (Å²) in [5.41, 5.74) is 0.907. The normalized spacial score (nSPS) is 19.7. The second-order valence-electron chi connectivity index (χ2n) is 4.45. The van der Waals surface area contributed by atoms with Gasteiger partial charge in [0.2, 0.25) is 0 Å². The van der Waals surface area contributed by atoms with E-state index < -0.39 is 4.92 Å². The van der Waals surface area contributed by atoms with Crippen molar-refractivity contribution < 1.29 is 9.66 Å². The van der Waals surface area contributed by atoms with Gasteiger partial charge in [-0.15, -0.1) is 0 Å². The van der Waals surface area contributed by atoms with Crippen molar-refractivity contribution >= 4 is 11.4 Å². The molecule has 0 bridgehead atoms. The molecule has 18 heavy (non-hydrogen) atoms. The van der Waals surface area contributed by atoms with Crippen LogP contribution < -0.4 is 15.0 Å². The molecule has 1 N–H and O–H groups in total. The Morgan fingerprint density at radius 3 is 2.89 bits per heavy atom. The zero-order chi connectivity index (χ0) is 13.1. The van der Waals surface area contributed by atoms with E-state index in [1.165, 1.54) is 13.2 Å². The van der Waals surface area contributed by atoms with Crippen molar-refractivity contribution in [3.8, 4) is 5.75 Å². The average molecular weight is 251 g/mol. The van der Waals surface area contributed by atoms with Crippen LogP contribution in [-0.4, -0.2) is 37.7 Å². The van der Waals surface area contributed by atoms with E-state index >= 15 is 0 Å². The molecule has 0 aliphatic carbocycles. The number of methoxy groups -OCH3 is 1. The fraction of sp³-hybridized carbons (Fsp3) is 0.500. The molecule has 1 heterocycles. The van der Waals surface area contributed by atoms with Crippen LogP contribution in [0.25, 0.3) is 0 Å². The van der Waals surface area contributed by atoms with Crippen LogP contribution in [0.2, 0.25) is 0 Å². The largest absolute Gasteiger partial charge is 0.496 e. The van der Waals surface area contributed by atoms with Crippen LogP contribution in [0, 0.1) is 10.1 Å². The fourth-order valence-corrected chi connectivity index (χ4v) is 2.14. The third kappa shape index (κ3) is 2.70. The number of piperazine rings is 1. The lowest BCUT2D eigenvalue weighted by atomic mass is 10.2. The number of nitrogens with zero attached hydrogens (tertiary/aromatic N) is 2. The molecule has 1 saturated heterocycles. The maximum Gasteiger partial charge on any atom is 0.275 e. The van der Waals surface area contributed by atoms with E-state index in [9.17, 15) is 10.1 Å². The Morgan fingerprint density at radius 2 is 2.28 bits per heavy atom. The highest BCUT2D eigenvalue weighted by atomic mass is 16.6. The summed E-state index contributed by atoms with van der Waals surface area (Å²) in [5.74, 6) is 0.519. The molecule has 1 aliphatic rings. The van der Waals surface area contributed by atoms with Crippen LogP contribution in [0.15, 0.2) is 18.2 Å². The number of nitro benzene ring substituents is 1. The van der Waals surface area contributed by atoms with Gasteiger partial charge in [0.1, 0.15) is 5.75 Å². The van der Waals surface area contributed by atoms with Gasteiger partial charge in [-0.1, -0.05) is 0 Å². The topological polar surface area (TPSA) is 67.6 Å². The molecule has 0 spiro atoms. The van der Waals surface area contributed by atoms with E-state index in [4.69, 9.17) is 4.74 Å². The van der Waals surface area contributed by atoms with Gasteiger partial charge in [-0.05, 0) is 6.92 Å². The van der Waals surface area contributed by atoms with Gasteiger partial charge in [0.15, 0.2) is 0 Å².